The number of para-hydroxylation sites is 2. The summed E-state index contributed by atoms with van der Waals surface area (Å²) in [7, 11) is 2.11. The van der Waals surface area contributed by atoms with E-state index in [-0.39, 0.29) is 5.41 Å². The van der Waals surface area contributed by atoms with E-state index in [2.05, 4.69) is 206 Å². The molecule has 5 heteroatoms. The van der Waals surface area contributed by atoms with Crippen molar-refractivity contribution in [3.63, 3.8) is 0 Å². The Hall–Kier alpha value is -7.24. The summed E-state index contributed by atoms with van der Waals surface area (Å²) in [5.74, 6) is 2.68. The molecule has 12 rings (SSSR count). The smallest absolute Gasteiger partial charge is 0.244 e. The Kier molecular flexibility index (Phi) is 7.53. The molecule has 3 aromatic heterocycles. The van der Waals surface area contributed by atoms with Gasteiger partial charge in [-0.05, 0) is 105 Å². The van der Waals surface area contributed by atoms with Crippen LogP contribution in [0.2, 0.25) is 0 Å². The second-order valence-electron chi connectivity index (χ2n) is 17.6. The summed E-state index contributed by atoms with van der Waals surface area (Å²) >= 11 is 0. The molecule has 0 amide bonds. The zero-order valence-electron chi connectivity index (χ0n) is 34.9. The minimum Gasteiger partial charge on any atom is -0.458 e. The fourth-order valence-electron chi connectivity index (χ4n) is 10.9. The first kappa shape index (κ1) is 35.7. The second kappa shape index (κ2) is 12.9. The lowest BCUT2D eigenvalue weighted by Crippen LogP contribution is -2.45. The normalized spacial score (nSPS) is 16.0. The summed E-state index contributed by atoms with van der Waals surface area (Å²) < 4.78 is 13.6. The lowest BCUT2D eigenvalue weighted by Gasteiger charge is -2.52. The standard InChI is InChI=1S/C56H44N4O/c1-35(2)40-18-13-19-45-53(40)56(47-31-37(36-15-7-6-8-16-36)24-28-43(47)55(45,3)4)44-29-26-39(33-51(44)59-34-58(5)49-22-14-20-46(56)54(49)59)61-38-25-27-42-41-17-9-10-21-48(41)60(50(42)32-38)52-23-11-12-30-57-52/h6-33,35H,1-5H3. The van der Waals surface area contributed by atoms with Crippen molar-refractivity contribution in [1.29, 1.82) is 0 Å². The van der Waals surface area contributed by atoms with E-state index in [1.807, 2.05) is 18.3 Å². The third-order valence-corrected chi connectivity index (χ3v) is 13.6. The maximum Gasteiger partial charge on any atom is 0.244 e. The van der Waals surface area contributed by atoms with Crippen molar-refractivity contribution in [1.82, 2.24) is 14.1 Å². The van der Waals surface area contributed by atoms with Gasteiger partial charge in [0, 0.05) is 28.5 Å². The van der Waals surface area contributed by atoms with Gasteiger partial charge < -0.3 is 13.9 Å². The van der Waals surface area contributed by atoms with Crippen LogP contribution >= 0.6 is 0 Å². The number of rotatable bonds is 5. The summed E-state index contributed by atoms with van der Waals surface area (Å²) in [4.78, 5) is 4.76. The molecule has 1 spiro atoms. The monoisotopic (exact) mass is 788 g/mol. The van der Waals surface area contributed by atoms with Gasteiger partial charge in [0.1, 0.15) is 17.3 Å². The Morgan fingerprint density at radius 2 is 1.34 bits per heavy atom. The van der Waals surface area contributed by atoms with Gasteiger partial charge in [-0.1, -0.05) is 137 Å². The molecule has 4 heterocycles. The number of pyridine rings is 1. The number of aryl methyl sites for hydroxylation is 1. The molecule has 0 radical (unpaired) electrons. The minimum absolute atomic E-state index is 0.250. The van der Waals surface area contributed by atoms with Crippen LogP contribution in [0.4, 0.5) is 0 Å². The highest BCUT2D eigenvalue weighted by Gasteiger charge is 2.53. The largest absolute Gasteiger partial charge is 0.458 e. The summed E-state index contributed by atoms with van der Waals surface area (Å²) in [5.41, 5.74) is 16.3. The molecular formula is C56H44N4O. The Morgan fingerprint density at radius 3 is 2.18 bits per heavy atom. The summed E-state index contributed by atoms with van der Waals surface area (Å²) in [5, 5.41) is 2.34. The van der Waals surface area contributed by atoms with Crippen LogP contribution < -0.4 is 9.30 Å². The average molecular weight is 789 g/mol. The van der Waals surface area contributed by atoms with Crippen molar-refractivity contribution in [3.05, 3.63) is 215 Å². The Labute approximate surface area is 355 Å². The zero-order valence-corrected chi connectivity index (χ0v) is 34.9. The van der Waals surface area contributed by atoms with E-state index in [0.29, 0.717) is 5.92 Å². The number of hydrogen-bond donors (Lipinski definition) is 0. The first-order chi connectivity index (χ1) is 29.7. The molecule has 0 fully saturated rings. The Bertz CT molecular complexity index is 3410. The molecule has 1 atom stereocenters. The summed E-state index contributed by atoms with van der Waals surface area (Å²) in [6.45, 7) is 9.50. The molecule has 294 valence electrons. The van der Waals surface area contributed by atoms with Gasteiger partial charge in [0.25, 0.3) is 0 Å². The van der Waals surface area contributed by atoms with Gasteiger partial charge in [-0.15, -0.1) is 0 Å². The first-order valence-corrected chi connectivity index (χ1v) is 21.3. The maximum absolute atomic E-state index is 6.95. The lowest BCUT2D eigenvalue weighted by atomic mass is 9.52. The van der Waals surface area contributed by atoms with Crippen molar-refractivity contribution in [3.8, 4) is 34.1 Å². The maximum atomic E-state index is 6.95. The van der Waals surface area contributed by atoms with Gasteiger partial charge in [0.2, 0.25) is 6.33 Å². The number of benzene rings is 7. The molecule has 0 saturated carbocycles. The molecule has 0 bridgehead atoms. The average Bonchev–Trinajstić information content (AvgIpc) is 3.81. The van der Waals surface area contributed by atoms with E-state index in [0.717, 1.165) is 50.5 Å². The number of imidazole rings is 1. The molecule has 5 nitrogen and oxygen atoms in total. The van der Waals surface area contributed by atoms with Gasteiger partial charge in [-0.25, -0.2) is 4.98 Å². The van der Waals surface area contributed by atoms with E-state index in [4.69, 9.17) is 9.72 Å². The highest BCUT2D eigenvalue weighted by molar-refractivity contribution is 6.09. The highest BCUT2D eigenvalue weighted by Crippen LogP contribution is 2.61. The molecule has 1 aliphatic carbocycles. The number of aromatic nitrogens is 4. The van der Waals surface area contributed by atoms with E-state index >= 15 is 0 Å². The van der Waals surface area contributed by atoms with Crippen molar-refractivity contribution in [2.24, 2.45) is 7.05 Å². The number of fused-ring (bicyclic) bond motifs is 11. The predicted molar refractivity (Wildman–Crippen MR) is 245 cm³/mol. The van der Waals surface area contributed by atoms with Crippen LogP contribution in [0.3, 0.4) is 0 Å². The SMILES string of the molecule is CC(C)c1cccc2c1C1(c3ccc(Oc4ccc5c6ccccc6n(-c6ccccn6)c5c4)cc3-n3[c-][n+](C)c4cccc1c43)c1cc(-c3ccccc3)ccc1C2(C)C. The molecule has 10 aromatic rings. The summed E-state index contributed by atoms with van der Waals surface area (Å²) in [6.07, 6.45) is 5.58. The minimum atomic E-state index is -0.642. The van der Waals surface area contributed by atoms with E-state index in [9.17, 15) is 0 Å². The fourth-order valence-corrected chi connectivity index (χ4v) is 10.9. The molecular weight excluding hydrogens is 745 g/mol. The molecule has 1 aliphatic heterocycles. The topological polar surface area (TPSA) is 35.9 Å². The van der Waals surface area contributed by atoms with Crippen molar-refractivity contribution in [2.45, 2.75) is 44.4 Å². The highest BCUT2D eigenvalue weighted by atomic mass is 16.5. The van der Waals surface area contributed by atoms with Crippen LogP contribution in [0, 0.1) is 6.33 Å². The molecule has 61 heavy (non-hydrogen) atoms. The van der Waals surface area contributed by atoms with E-state index < -0.39 is 5.41 Å². The molecule has 1 unspecified atom stereocenters. The third kappa shape index (κ3) is 4.89. The molecule has 2 aliphatic rings. The van der Waals surface area contributed by atoms with Gasteiger partial charge in [0.15, 0.2) is 0 Å². The van der Waals surface area contributed by atoms with Crippen molar-refractivity contribution in [2.75, 3.05) is 0 Å². The van der Waals surface area contributed by atoms with Gasteiger partial charge >= 0.3 is 0 Å². The molecule has 7 aromatic carbocycles. The lowest BCUT2D eigenvalue weighted by molar-refractivity contribution is -0.649. The zero-order chi connectivity index (χ0) is 41.2. The summed E-state index contributed by atoms with van der Waals surface area (Å²) in [6, 6.07) is 59.6. The van der Waals surface area contributed by atoms with Gasteiger partial charge in [-0.2, -0.15) is 0 Å². The van der Waals surface area contributed by atoms with Crippen LogP contribution in [0.1, 0.15) is 72.6 Å². The number of ether oxygens (including phenoxy) is 1. The van der Waals surface area contributed by atoms with Gasteiger partial charge in [0.05, 0.1) is 40.2 Å². The van der Waals surface area contributed by atoms with Crippen LogP contribution in [0.15, 0.2) is 170 Å². The number of hydrogen-bond acceptors (Lipinski definition) is 2. The van der Waals surface area contributed by atoms with E-state index in [1.165, 1.54) is 55.5 Å². The van der Waals surface area contributed by atoms with Crippen molar-refractivity contribution >= 4 is 32.8 Å². The number of nitrogens with zero attached hydrogens (tertiary/aromatic N) is 4. The first-order valence-electron chi connectivity index (χ1n) is 21.3. The molecule has 0 N–H and O–H groups in total. The Morgan fingerprint density at radius 1 is 0.607 bits per heavy atom. The van der Waals surface area contributed by atoms with Crippen LogP contribution in [0.25, 0.3) is 55.5 Å². The second-order valence-corrected chi connectivity index (χ2v) is 17.6. The van der Waals surface area contributed by atoms with Crippen molar-refractivity contribution < 1.29 is 9.30 Å². The van der Waals surface area contributed by atoms with Crippen LogP contribution in [-0.2, 0) is 17.9 Å². The predicted octanol–water partition coefficient (Wildman–Crippen LogP) is 12.7. The quantitative estimate of drug-likeness (QED) is 0.129. The molecule has 0 saturated heterocycles. The van der Waals surface area contributed by atoms with E-state index in [1.54, 1.807) is 0 Å². The third-order valence-electron chi connectivity index (χ3n) is 13.6. The van der Waals surface area contributed by atoms with Crippen LogP contribution in [0.5, 0.6) is 11.5 Å². The fraction of sp³-hybridized carbons (Fsp3) is 0.143. The van der Waals surface area contributed by atoms with Crippen LogP contribution in [-0.4, -0.2) is 14.1 Å². The van der Waals surface area contributed by atoms with Gasteiger partial charge in [-0.3, -0.25) is 4.57 Å². The Balaban J connectivity index is 1.13.